The van der Waals surface area contributed by atoms with Crippen molar-refractivity contribution in [1.29, 1.82) is 0 Å². The van der Waals surface area contributed by atoms with Gasteiger partial charge in [0.15, 0.2) is 0 Å². The van der Waals surface area contributed by atoms with Crippen LogP contribution in [0.2, 0.25) is 5.02 Å². The van der Waals surface area contributed by atoms with E-state index in [-0.39, 0.29) is 11.5 Å². The van der Waals surface area contributed by atoms with Crippen LogP contribution < -0.4 is 0 Å². The minimum atomic E-state index is -0.431. The smallest absolute Gasteiger partial charge is 0.230 e. The Balaban J connectivity index is 2.61. The van der Waals surface area contributed by atoms with Crippen LogP contribution in [0, 0.1) is 12.7 Å². The van der Waals surface area contributed by atoms with Crippen LogP contribution in [0.5, 0.6) is 0 Å². The van der Waals surface area contributed by atoms with Crippen LogP contribution in [-0.4, -0.2) is 4.98 Å². The van der Waals surface area contributed by atoms with Crippen LogP contribution in [-0.2, 0) is 0 Å². The lowest BCUT2D eigenvalue weighted by atomic mass is 10.2. The molecule has 0 N–H and O–H groups in total. The number of hydrogen-bond acceptors (Lipinski definition) is 2. The highest BCUT2D eigenvalue weighted by Gasteiger charge is 2.13. The second kappa shape index (κ2) is 3.42. The molecule has 0 saturated heterocycles. The van der Waals surface area contributed by atoms with Crippen molar-refractivity contribution in [2.45, 2.75) is 6.92 Å². The van der Waals surface area contributed by atoms with Gasteiger partial charge in [-0.1, -0.05) is 17.7 Å². The fourth-order valence-corrected chi connectivity index (χ4v) is 1.42. The minimum absolute atomic E-state index is 0.210. The molecule has 0 atom stereocenters. The summed E-state index contributed by atoms with van der Waals surface area (Å²) in [7, 11) is 0. The molecule has 0 saturated carbocycles. The third-order valence-electron chi connectivity index (χ3n) is 1.80. The van der Waals surface area contributed by atoms with E-state index in [1.54, 1.807) is 13.0 Å². The van der Waals surface area contributed by atoms with Crippen LogP contribution in [0.15, 0.2) is 28.8 Å². The number of halogens is 2. The van der Waals surface area contributed by atoms with Gasteiger partial charge >= 0.3 is 0 Å². The number of benzene rings is 1. The quantitative estimate of drug-likeness (QED) is 0.722. The van der Waals surface area contributed by atoms with Gasteiger partial charge in [-0.25, -0.2) is 9.37 Å². The highest BCUT2D eigenvalue weighted by molar-refractivity contribution is 6.33. The van der Waals surface area contributed by atoms with Crippen molar-refractivity contribution in [2.75, 3.05) is 0 Å². The molecule has 0 fully saturated rings. The molecule has 2 nitrogen and oxygen atoms in total. The standard InChI is InChI=1S/C10H7ClFNO/c1-6-5-13-10(14-6)9-7(11)3-2-4-8(9)12/h2-5H,1H3. The third kappa shape index (κ3) is 1.51. The summed E-state index contributed by atoms with van der Waals surface area (Å²) in [4.78, 5) is 3.92. The van der Waals surface area contributed by atoms with Gasteiger partial charge in [-0.05, 0) is 19.1 Å². The number of hydrogen-bond donors (Lipinski definition) is 0. The molecule has 0 spiro atoms. The van der Waals surface area contributed by atoms with E-state index in [2.05, 4.69) is 4.98 Å². The summed E-state index contributed by atoms with van der Waals surface area (Å²) < 4.78 is 18.6. The largest absolute Gasteiger partial charge is 0.441 e. The lowest BCUT2D eigenvalue weighted by Crippen LogP contribution is -1.84. The maximum Gasteiger partial charge on any atom is 0.230 e. The zero-order valence-corrected chi connectivity index (χ0v) is 8.18. The highest BCUT2D eigenvalue weighted by Crippen LogP contribution is 2.29. The lowest BCUT2D eigenvalue weighted by Gasteiger charge is -1.99. The molecule has 14 heavy (non-hydrogen) atoms. The van der Waals surface area contributed by atoms with E-state index in [0.29, 0.717) is 10.8 Å². The Morgan fingerprint density at radius 3 is 2.79 bits per heavy atom. The Morgan fingerprint density at radius 2 is 2.21 bits per heavy atom. The zero-order chi connectivity index (χ0) is 10.1. The van der Waals surface area contributed by atoms with Crippen LogP contribution in [0.1, 0.15) is 5.76 Å². The van der Waals surface area contributed by atoms with Crippen molar-refractivity contribution in [2.24, 2.45) is 0 Å². The van der Waals surface area contributed by atoms with Crippen molar-refractivity contribution in [1.82, 2.24) is 4.98 Å². The Kier molecular flexibility index (Phi) is 2.25. The monoisotopic (exact) mass is 211 g/mol. The van der Waals surface area contributed by atoms with E-state index in [4.69, 9.17) is 16.0 Å². The molecule has 72 valence electrons. The van der Waals surface area contributed by atoms with E-state index >= 15 is 0 Å². The molecule has 0 bridgehead atoms. The van der Waals surface area contributed by atoms with Gasteiger partial charge in [-0.2, -0.15) is 0 Å². The van der Waals surface area contributed by atoms with Crippen LogP contribution in [0.3, 0.4) is 0 Å². The summed E-state index contributed by atoms with van der Waals surface area (Å²) in [5, 5.41) is 0.298. The molecule has 1 heterocycles. The van der Waals surface area contributed by atoms with Crippen molar-refractivity contribution >= 4 is 11.6 Å². The van der Waals surface area contributed by atoms with E-state index in [9.17, 15) is 4.39 Å². The third-order valence-corrected chi connectivity index (χ3v) is 2.11. The molecule has 0 aliphatic rings. The van der Waals surface area contributed by atoms with Crippen LogP contribution >= 0.6 is 11.6 Å². The first-order valence-corrected chi connectivity index (χ1v) is 4.43. The van der Waals surface area contributed by atoms with Gasteiger partial charge in [-0.3, -0.25) is 0 Å². The lowest BCUT2D eigenvalue weighted by molar-refractivity contribution is 0.535. The maximum atomic E-state index is 13.4. The van der Waals surface area contributed by atoms with E-state index in [1.165, 1.54) is 18.3 Å². The SMILES string of the molecule is Cc1cnc(-c2c(F)cccc2Cl)o1. The molecule has 0 aliphatic carbocycles. The van der Waals surface area contributed by atoms with Gasteiger partial charge in [0.05, 0.1) is 16.8 Å². The average molecular weight is 212 g/mol. The molecule has 0 radical (unpaired) electrons. The predicted molar refractivity (Wildman–Crippen MR) is 51.6 cm³/mol. The minimum Gasteiger partial charge on any atom is -0.441 e. The predicted octanol–water partition coefficient (Wildman–Crippen LogP) is 3.44. The first-order valence-electron chi connectivity index (χ1n) is 4.05. The van der Waals surface area contributed by atoms with E-state index in [1.807, 2.05) is 0 Å². The van der Waals surface area contributed by atoms with E-state index < -0.39 is 5.82 Å². The molecule has 2 aromatic rings. The average Bonchev–Trinajstić information content (AvgIpc) is 2.51. The number of aryl methyl sites for hydroxylation is 1. The molecular formula is C10H7ClFNO. The first-order chi connectivity index (χ1) is 6.68. The van der Waals surface area contributed by atoms with Crippen LogP contribution in [0.4, 0.5) is 4.39 Å². The number of aromatic nitrogens is 1. The molecular weight excluding hydrogens is 205 g/mol. The van der Waals surface area contributed by atoms with Crippen molar-refractivity contribution < 1.29 is 8.81 Å². The van der Waals surface area contributed by atoms with E-state index in [0.717, 1.165) is 0 Å². The van der Waals surface area contributed by atoms with Gasteiger partial charge < -0.3 is 4.42 Å². The molecule has 4 heteroatoms. The number of nitrogens with zero attached hydrogens (tertiary/aromatic N) is 1. The summed E-state index contributed by atoms with van der Waals surface area (Å²) in [6, 6.07) is 4.46. The van der Waals surface area contributed by atoms with Crippen LogP contribution in [0.25, 0.3) is 11.5 Å². The highest BCUT2D eigenvalue weighted by atomic mass is 35.5. The van der Waals surface area contributed by atoms with Gasteiger partial charge in [0, 0.05) is 0 Å². The molecule has 0 unspecified atom stereocenters. The zero-order valence-electron chi connectivity index (χ0n) is 7.42. The summed E-state index contributed by atoms with van der Waals surface area (Å²) >= 11 is 5.83. The normalized spacial score (nSPS) is 10.5. The second-order valence-electron chi connectivity index (χ2n) is 2.87. The Hall–Kier alpha value is -1.35. The first kappa shape index (κ1) is 9.21. The second-order valence-corrected chi connectivity index (χ2v) is 3.28. The number of rotatable bonds is 1. The molecule has 0 amide bonds. The Bertz CT molecular complexity index is 447. The van der Waals surface area contributed by atoms with Gasteiger partial charge in [0.1, 0.15) is 11.6 Å². The summed E-state index contributed by atoms with van der Waals surface area (Å²) in [6.45, 7) is 1.74. The van der Waals surface area contributed by atoms with Crippen molar-refractivity contribution in [3.8, 4) is 11.5 Å². The number of oxazole rings is 1. The fourth-order valence-electron chi connectivity index (χ4n) is 1.17. The maximum absolute atomic E-state index is 13.4. The molecule has 1 aromatic heterocycles. The van der Waals surface area contributed by atoms with Gasteiger partial charge in [-0.15, -0.1) is 0 Å². The topological polar surface area (TPSA) is 26.0 Å². The fraction of sp³-hybridized carbons (Fsp3) is 0.100. The Morgan fingerprint density at radius 1 is 1.43 bits per heavy atom. The summed E-state index contributed by atoms with van der Waals surface area (Å²) in [5.74, 6) is 0.407. The van der Waals surface area contributed by atoms with Gasteiger partial charge in [0.25, 0.3) is 0 Å². The Labute approximate surface area is 85.3 Å². The molecule has 0 aliphatic heterocycles. The van der Waals surface area contributed by atoms with Crippen molar-refractivity contribution in [3.63, 3.8) is 0 Å². The summed E-state index contributed by atoms with van der Waals surface area (Å²) in [5.41, 5.74) is 0.210. The van der Waals surface area contributed by atoms with Crippen molar-refractivity contribution in [3.05, 3.63) is 41.0 Å². The van der Waals surface area contributed by atoms with Gasteiger partial charge in [0.2, 0.25) is 5.89 Å². The molecule has 2 rings (SSSR count). The summed E-state index contributed by atoms with van der Waals surface area (Å²) in [6.07, 6.45) is 1.53. The molecule has 1 aromatic carbocycles.